The van der Waals surface area contributed by atoms with E-state index in [0.717, 1.165) is 0 Å². The molecule has 1 rings (SSSR count). The van der Waals surface area contributed by atoms with E-state index in [-0.39, 0.29) is 5.75 Å². The number of para-hydroxylation sites is 1. The Balaban J connectivity index is 2.89. The zero-order chi connectivity index (χ0) is 10.6. The normalized spacial score (nSPS) is 9.93. The molecule has 0 heterocycles. The minimum atomic E-state index is -2.51. The highest BCUT2D eigenvalue weighted by atomic mass is 79.9. The lowest BCUT2D eigenvalue weighted by atomic mass is 10.2. The molecule has 1 aromatic carbocycles. The van der Waals surface area contributed by atoms with Gasteiger partial charge in [0.25, 0.3) is 6.43 Å². The summed E-state index contributed by atoms with van der Waals surface area (Å²) in [6, 6.07) is 5.03. The van der Waals surface area contributed by atoms with Crippen LogP contribution in [0.5, 0.6) is 5.75 Å². The average molecular weight is 261 g/mol. The molecule has 0 bridgehead atoms. The highest BCUT2D eigenvalue weighted by Gasteiger charge is 2.09. The molecular weight excluding hydrogens is 254 g/mol. The number of ether oxygens (including phenoxy) is 1. The summed E-state index contributed by atoms with van der Waals surface area (Å²) in [6.45, 7) is -0.655. The number of hydrogen-bond acceptors (Lipinski definition) is 1. The molecule has 0 saturated heterocycles. The van der Waals surface area contributed by atoms with E-state index in [4.69, 9.17) is 11.2 Å². The van der Waals surface area contributed by atoms with Crippen LogP contribution in [0.4, 0.5) is 8.78 Å². The fourth-order valence-electron chi connectivity index (χ4n) is 0.916. The second-order valence-electron chi connectivity index (χ2n) is 2.46. The first kappa shape index (κ1) is 11.0. The maximum absolute atomic E-state index is 11.9. The fourth-order valence-corrected chi connectivity index (χ4v) is 1.40. The van der Waals surface area contributed by atoms with Crippen LogP contribution in [0.1, 0.15) is 5.56 Å². The molecule has 0 amide bonds. The Morgan fingerprint density at radius 2 is 2.21 bits per heavy atom. The van der Waals surface area contributed by atoms with Crippen LogP contribution < -0.4 is 4.74 Å². The SMILES string of the molecule is C#Cc1cccc(Br)c1OCC(F)F. The van der Waals surface area contributed by atoms with Crippen LogP contribution in [0.3, 0.4) is 0 Å². The van der Waals surface area contributed by atoms with E-state index in [1.807, 2.05) is 0 Å². The Labute approximate surface area is 89.2 Å². The predicted molar refractivity (Wildman–Crippen MR) is 53.6 cm³/mol. The molecule has 0 unspecified atom stereocenters. The largest absolute Gasteiger partial charge is 0.485 e. The second-order valence-corrected chi connectivity index (χ2v) is 3.32. The van der Waals surface area contributed by atoms with Crippen LogP contribution in [0.25, 0.3) is 0 Å². The van der Waals surface area contributed by atoms with Crippen LogP contribution in [-0.2, 0) is 0 Å². The van der Waals surface area contributed by atoms with E-state index in [9.17, 15) is 8.78 Å². The smallest absolute Gasteiger partial charge is 0.272 e. The molecule has 0 aliphatic carbocycles. The van der Waals surface area contributed by atoms with Crippen molar-refractivity contribution in [3.05, 3.63) is 28.2 Å². The van der Waals surface area contributed by atoms with Crippen LogP contribution in [0, 0.1) is 12.3 Å². The average Bonchev–Trinajstić information content (AvgIpc) is 2.15. The highest BCUT2D eigenvalue weighted by Crippen LogP contribution is 2.28. The topological polar surface area (TPSA) is 9.23 Å². The summed E-state index contributed by atoms with van der Waals surface area (Å²) in [5, 5.41) is 0. The molecule has 0 aromatic heterocycles. The molecule has 74 valence electrons. The zero-order valence-corrected chi connectivity index (χ0v) is 8.72. The van der Waals surface area contributed by atoms with E-state index in [1.54, 1.807) is 18.2 Å². The Morgan fingerprint density at radius 3 is 2.79 bits per heavy atom. The maximum atomic E-state index is 11.9. The quantitative estimate of drug-likeness (QED) is 0.760. The number of hydrogen-bond donors (Lipinski definition) is 0. The van der Waals surface area contributed by atoms with Gasteiger partial charge in [0.1, 0.15) is 12.4 Å². The lowest BCUT2D eigenvalue weighted by molar-refractivity contribution is 0.0814. The summed E-state index contributed by atoms with van der Waals surface area (Å²) >= 11 is 3.17. The minimum Gasteiger partial charge on any atom is -0.485 e. The van der Waals surface area contributed by atoms with Gasteiger partial charge in [-0.1, -0.05) is 12.0 Å². The molecular formula is C10H7BrF2O. The van der Waals surface area contributed by atoms with Gasteiger partial charge < -0.3 is 4.74 Å². The van der Waals surface area contributed by atoms with Crippen molar-refractivity contribution in [3.8, 4) is 18.1 Å². The van der Waals surface area contributed by atoms with Crippen molar-refractivity contribution >= 4 is 15.9 Å². The van der Waals surface area contributed by atoms with E-state index in [1.165, 1.54) is 0 Å². The van der Waals surface area contributed by atoms with Crippen molar-refractivity contribution in [2.24, 2.45) is 0 Å². The molecule has 14 heavy (non-hydrogen) atoms. The Morgan fingerprint density at radius 1 is 1.50 bits per heavy atom. The molecule has 4 heteroatoms. The fraction of sp³-hybridized carbons (Fsp3) is 0.200. The van der Waals surface area contributed by atoms with E-state index in [0.29, 0.717) is 10.0 Å². The Hall–Kier alpha value is -1.08. The molecule has 0 radical (unpaired) electrons. The third-order valence-corrected chi connectivity index (χ3v) is 2.10. The van der Waals surface area contributed by atoms with E-state index >= 15 is 0 Å². The standard InChI is InChI=1S/C10H7BrF2O/c1-2-7-4-3-5-8(11)10(7)14-6-9(12)13/h1,3-5,9H,6H2. The summed E-state index contributed by atoms with van der Waals surface area (Å²) in [6.07, 6.45) is 2.68. The lowest BCUT2D eigenvalue weighted by Crippen LogP contribution is -2.08. The highest BCUT2D eigenvalue weighted by molar-refractivity contribution is 9.10. The van der Waals surface area contributed by atoms with Crippen molar-refractivity contribution in [1.29, 1.82) is 0 Å². The van der Waals surface area contributed by atoms with Crippen molar-refractivity contribution in [1.82, 2.24) is 0 Å². The van der Waals surface area contributed by atoms with Gasteiger partial charge in [-0.15, -0.1) is 6.42 Å². The third kappa shape index (κ3) is 2.71. The van der Waals surface area contributed by atoms with Gasteiger partial charge >= 0.3 is 0 Å². The minimum absolute atomic E-state index is 0.287. The van der Waals surface area contributed by atoms with Crippen LogP contribution in [-0.4, -0.2) is 13.0 Å². The number of halogens is 3. The number of benzene rings is 1. The second kappa shape index (κ2) is 4.97. The lowest BCUT2D eigenvalue weighted by Gasteiger charge is -2.09. The van der Waals surface area contributed by atoms with E-state index < -0.39 is 13.0 Å². The van der Waals surface area contributed by atoms with Crippen molar-refractivity contribution in [3.63, 3.8) is 0 Å². The third-order valence-electron chi connectivity index (χ3n) is 1.48. The Kier molecular flexibility index (Phi) is 3.90. The van der Waals surface area contributed by atoms with Gasteiger partial charge in [-0.2, -0.15) is 0 Å². The molecule has 1 nitrogen and oxygen atoms in total. The summed E-state index contributed by atoms with van der Waals surface area (Å²) in [4.78, 5) is 0. The Bertz CT molecular complexity index is 358. The van der Waals surface area contributed by atoms with Gasteiger partial charge in [0, 0.05) is 0 Å². The molecule has 0 spiro atoms. The van der Waals surface area contributed by atoms with Gasteiger partial charge in [-0.25, -0.2) is 8.78 Å². The van der Waals surface area contributed by atoms with E-state index in [2.05, 4.69) is 21.9 Å². The summed E-state index contributed by atoms with van der Waals surface area (Å²) < 4.78 is 29.2. The molecule has 0 aliphatic heterocycles. The first-order chi connectivity index (χ1) is 6.65. The molecule has 0 aliphatic rings. The molecule has 0 fully saturated rings. The van der Waals surface area contributed by atoms with Crippen molar-refractivity contribution in [2.45, 2.75) is 6.43 Å². The monoisotopic (exact) mass is 260 g/mol. The van der Waals surface area contributed by atoms with Gasteiger partial charge in [0.2, 0.25) is 0 Å². The number of terminal acetylenes is 1. The molecule has 0 saturated carbocycles. The summed E-state index contributed by atoms with van der Waals surface area (Å²) in [5.74, 6) is 2.65. The van der Waals surface area contributed by atoms with Crippen LogP contribution in [0.2, 0.25) is 0 Å². The predicted octanol–water partition coefficient (Wildman–Crippen LogP) is 3.07. The van der Waals surface area contributed by atoms with Crippen LogP contribution >= 0.6 is 15.9 Å². The molecule has 0 N–H and O–H groups in total. The summed E-state index contributed by atoms with van der Waals surface area (Å²) in [7, 11) is 0. The molecule has 0 atom stereocenters. The van der Waals surface area contributed by atoms with Gasteiger partial charge in [0.05, 0.1) is 10.0 Å². The number of rotatable bonds is 3. The number of alkyl halides is 2. The first-order valence-electron chi connectivity index (χ1n) is 3.81. The summed E-state index contributed by atoms with van der Waals surface area (Å²) in [5.41, 5.74) is 0.458. The first-order valence-corrected chi connectivity index (χ1v) is 4.60. The molecule has 1 aromatic rings. The van der Waals surface area contributed by atoms with Crippen LogP contribution in [0.15, 0.2) is 22.7 Å². The maximum Gasteiger partial charge on any atom is 0.272 e. The van der Waals surface area contributed by atoms with Gasteiger partial charge in [-0.3, -0.25) is 0 Å². The van der Waals surface area contributed by atoms with Gasteiger partial charge in [0.15, 0.2) is 0 Å². The van der Waals surface area contributed by atoms with Crippen molar-refractivity contribution < 1.29 is 13.5 Å². The van der Waals surface area contributed by atoms with Crippen molar-refractivity contribution in [2.75, 3.05) is 6.61 Å². The zero-order valence-electron chi connectivity index (χ0n) is 7.14. The van der Waals surface area contributed by atoms with Gasteiger partial charge in [-0.05, 0) is 28.1 Å².